The van der Waals surface area contributed by atoms with Gasteiger partial charge >= 0.3 is 0 Å². The van der Waals surface area contributed by atoms with Crippen LogP contribution in [0.3, 0.4) is 0 Å². The predicted molar refractivity (Wildman–Crippen MR) is 96.7 cm³/mol. The van der Waals surface area contributed by atoms with Crippen LogP contribution in [0.15, 0.2) is 41.6 Å². The third-order valence-electron chi connectivity index (χ3n) is 4.54. The Balaban J connectivity index is 1.48. The number of carbonyl (C=O) groups is 1. The molecule has 1 amide bonds. The second kappa shape index (κ2) is 8.71. The topological polar surface area (TPSA) is 77.3 Å². The van der Waals surface area contributed by atoms with Gasteiger partial charge in [0.05, 0.1) is 12.7 Å². The summed E-state index contributed by atoms with van der Waals surface area (Å²) in [6.07, 6.45) is 5.24. The maximum atomic E-state index is 12.5. The van der Waals surface area contributed by atoms with Crippen molar-refractivity contribution in [3.8, 4) is 0 Å². The molecule has 0 aliphatic carbocycles. The average Bonchev–Trinajstić information content (AvgIpc) is 2.66. The van der Waals surface area contributed by atoms with Crippen LogP contribution in [0.5, 0.6) is 0 Å². The Morgan fingerprint density at radius 2 is 2.23 bits per heavy atom. The molecule has 0 spiro atoms. The van der Waals surface area contributed by atoms with Gasteiger partial charge in [0.15, 0.2) is 0 Å². The van der Waals surface area contributed by atoms with Crippen molar-refractivity contribution in [3.63, 3.8) is 0 Å². The van der Waals surface area contributed by atoms with Crippen LogP contribution in [0.1, 0.15) is 24.2 Å². The Kier molecular flexibility index (Phi) is 6.12. The van der Waals surface area contributed by atoms with Gasteiger partial charge in [-0.2, -0.15) is 0 Å². The van der Waals surface area contributed by atoms with E-state index in [1.807, 2.05) is 17.9 Å². The molecule has 0 radical (unpaired) electrons. The molecule has 26 heavy (non-hydrogen) atoms. The second-order valence-electron chi connectivity index (χ2n) is 6.50. The molecule has 1 atom stereocenters. The molecule has 0 saturated carbocycles. The van der Waals surface area contributed by atoms with E-state index in [-0.39, 0.29) is 17.6 Å². The van der Waals surface area contributed by atoms with Gasteiger partial charge in [0.2, 0.25) is 5.91 Å². The number of aromatic nitrogens is 3. The van der Waals surface area contributed by atoms with E-state index in [1.54, 1.807) is 29.2 Å². The predicted octanol–water partition coefficient (Wildman–Crippen LogP) is 1.20. The van der Waals surface area contributed by atoms with Crippen LogP contribution in [0.4, 0.5) is 0 Å². The summed E-state index contributed by atoms with van der Waals surface area (Å²) in [5.41, 5.74) is 1.86. The zero-order valence-electron chi connectivity index (χ0n) is 15.0. The molecule has 1 aliphatic rings. The molecular formula is C19H24N4O3. The fourth-order valence-corrected chi connectivity index (χ4v) is 3.10. The number of nitrogens with zero attached hydrogens (tertiary/aromatic N) is 4. The van der Waals surface area contributed by atoms with Crippen LogP contribution in [0.2, 0.25) is 0 Å². The second-order valence-corrected chi connectivity index (χ2v) is 6.50. The molecule has 2 aromatic heterocycles. The number of ether oxygens (including phenoxy) is 1. The molecule has 0 bridgehead atoms. The minimum absolute atomic E-state index is 0.0161. The van der Waals surface area contributed by atoms with Gasteiger partial charge in [-0.1, -0.05) is 6.07 Å². The van der Waals surface area contributed by atoms with Gasteiger partial charge in [0.1, 0.15) is 6.33 Å². The summed E-state index contributed by atoms with van der Waals surface area (Å²) in [5.74, 6) is 0.0620. The molecule has 1 saturated heterocycles. The lowest BCUT2D eigenvalue weighted by atomic mass is 10.1. The summed E-state index contributed by atoms with van der Waals surface area (Å²) in [5, 5.41) is 0. The molecule has 3 rings (SSSR count). The van der Waals surface area contributed by atoms with E-state index in [0.29, 0.717) is 32.7 Å². The molecular weight excluding hydrogens is 332 g/mol. The first-order chi connectivity index (χ1) is 12.6. The summed E-state index contributed by atoms with van der Waals surface area (Å²) in [6.45, 7) is 4.09. The number of hydrogen-bond acceptors (Lipinski definition) is 5. The van der Waals surface area contributed by atoms with Gasteiger partial charge < -0.3 is 14.2 Å². The molecule has 138 valence electrons. The highest BCUT2D eigenvalue weighted by molar-refractivity contribution is 5.76. The van der Waals surface area contributed by atoms with Crippen LogP contribution >= 0.6 is 0 Å². The third-order valence-corrected chi connectivity index (χ3v) is 4.54. The van der Waals surface area contributed by atoms with Crippen molar-refractivity contribution in [1.29, 1.82) is 0 Å². The van der Waals surface area contributed by atoms with E-state index in [2.05, 4.69) is 9.97 Å². The quantitative estimate of drug-likeness (QED) is 0.777. The molecule has 0 aromatic carbocycles. The lowest BCUT2D eigenvalue weighted by Crippen LogP contribution is -2.46. The van der Waals surface area contributed by atoms with Gasteiger partial charge in [-0.05, 0) is 31.9 Å². The van der Waals surface area contributed by atoms with Crippen LogP contribution in [-0.2, 0) is 22.5 Å². The largest absolute Gasteiger partial charge is 0.375 e. The van der Waals surface area contributed by atoms with Crippen LogP contribution in [0.25, 0.3) is 0 Å². The van der Waals surface area contributed by atoms with Crippen molar-refractivity contribution in [3.05, 3.63) is 58.5 Å². The van der Waals surface area contributed by atoms with Crippen LogP contribution in [0, 0.1) is 6.92 Å². The molecule has 1 unspecified atom stereocenters. The number of rotatable bonds is 6. The Hall–Kier alpha value is -2.54. The highest BCUT2D eigenvalue weighted by atomic mass is 16.5. The normalized spacial score (nSPS) is 17.3. The maximum Gasteiger partial charge on any atom is 0.250 e. The fourth-order valence-electron chi connectivity index (χ4n) is 3.10. The smallest absolute Gasteiger partial charge is 0.250 e. The zero-order chi connectivity index (χ0) is 18.4. The molecule has 7 heteroatoms. The van der Waals surface area contributed by atoms with Gasteiger partial charge in [0, 0.05) is 49.7 Å². The van der Waals surface area contributed by atoms with Crippen LogP contribution in [-0.4, -0.2) is 51.1 Å². The first-order valence-corrected chi connectivity index (χ1v) is 8.94. The molecule has 1 fully saturated rings. The van der Waals surface area contributed by atoms with E-state index >= 15 is 0 Å². The first kappa shape index (κ1) is 18.3. The Morgan fingerprint density at radius 3 is 3.04 bits per heavy atom. The summed E-state index contributed by atoms with van der Waals surface area (Å²) in [6, 6.07) is 6.98. The van der Waals surface area contributed by atoms with Crippen molar-refractivity contribution in [2.75, 3.05) is 19.7 Å². The molecule has 7 nitrogen and oxygen atoms in total. The maximum absolute atomic E-state index is 12.5. The van der Waals surface area contributed by atoms with E-state index in [1.165, 1.54) is 6.07 Å². The number of hydrogen-bond donors (Lipinski definition) is 0. The lowest BCUT2D eigenvalue weighted by molar-refractivity contribution is -0.139. The van der Waals surface area contributed by atoms with Gasteiger partial charge in [-0.3, -0.25) is 9.59 Å². The molecule has 3 heterocycles. The number of morpholine rings is 1. The van der Waals surface area contributed by atoms with E-state index < -0.39 is 0 Å². The van der Waals surface area contributed by atoms with Crippen molar-refractivity contribution < 1.29 is 9.53 Å². The Bertz CT molecular complexity index is 805. The zero-order valence-corrected chi connectivity index (χ0v) is 15.0. The summed E-state index contributed by atoms with van der Waals surface area (Å²) < 4.78 is 7.36. The third kappa shape index (κ3) is 4.98. The number of aryl methyl sites for hydroxylation is 3. The van der Waals surface area contributed by atoms with Crippen molar-refractivity contribution in [2.24, 2.45) is 0 Å². The minimum atomic E-state index is -0.0831. The van der Waals surface area contributed by atoms with Gasteiger partial charge in [0.25, 0.3) is 5.56 Å². The molecule has 2 aromatic rings. The summed E-state index contributed by atoms with van der Waals surface area (Å²) in [4.78, 5) is 34.4. The van der Waals surface area contributed by atoms with Gasteiger partial charge in [-0.15, -0.1) is 0 Å². The molecule has 1 aliphatic heterocycles. The number of amides is 1. The molecule has 0 N–H and O–H groups in total. The first-order valence-electron chi connectivity index (χ1n) is 8.94. The van der Waals surface area contributed by atoms with Crippen molar-refractivity contribution in [1.82, 2.24) is 19.4 Å². The Labute approximate surface area is 152 Å². The summed E-state index contributed by atoms with van der Waals surface area (Å²) >= 11 is 0. The van der Waals surface area contributed by atoms with E-state index in [0.717, 1.165) is 24.2 Å². The van der Waals surface area contributed by atoms with E-state index in [9.17, 15) is 9.59 Å². The lowest BCUT2D eigenvalue weighted by Gasteiger charge is -2.33. The average molecular weight is 356 g/mol. The standard InChI is InChI=1S/C19H24N4O3/c1-15-12-16(21-14-20-15)5-6-17-13-23(10-11-26-17)19(25)7-9-22-8-3-2-4-18(22)24/h2-4,8,12,14,17H,5-7,9-11,13H2,1H3. The monoisotopic (exact) mass is 356 g/mol. The summed E-state index contributed by atoms with van der Waals surface area (Å²) in [7, 11) is 0. The highest BCUT2D eigenvalue weighted by Gasteiger charge is 2.24. The van der Waals surface area contributed by atoms with Crippen molar-refractivity contribution >= 4 is 5.91 Å². The minimum Gasteiger partial charge on any atom is -0.375 e. The van der Waals surface area contributed by atoms with Crippen LogP contribution < -0.4 is 5.56 Å². The number of carbonyl (C=O) groups excluding carboxylic acids is 1. The van der Waals surface area contributed by atoms with E-state index in [4.69, 9.17) is 4.74 Å². The fraction of sp³-hybridized carbons (Fsp3) is 0.474. The number of pyridine rings is 1. The van der Waals surface area contributed by atoms with Crippen molar-refractivity contribution in [2.45, 2.75) is 38.8 Å². The SMILES string of the molecule is Cc1cc(CCC2CN(C(=O)CCn3ccccc3=O)CCO2)ncn1. The Morgan fingerprint density at radius 1 is 1.35 bits per heavy atom. The highest BCUT2D eigenvalue weighted by Crippen LogP contribution is 2.13. The van der Waals surface area contributed by atoms with Gasteiger partial charge in [-0.25, -0.2) is 9.97 Å².